The highest BCUT2D eigenvalue weighted by Crippen LogP contribution is 2.53. The van der Waals surface area contributed by atoms with E-state index in [1.807, 2.05) is 23.9 Å². The van der Waals surface area contributed by atoms with Crippen LogP contribution in [0, 0.1) is 5.92 Å². The van der Waals surface area contributed by atoms with E-state index in [-0.39, 0.29) is 6.04 Å². The van der Waals surface area contributed by atoms with Gasteiger partial charge in [0.15, 0.2) is 0 Å². The maximum Gasteiger partial charge on any atom is 0.119 e. The topological polar surface area (TPSA) is 21.3 Å². The number of hydrogen-bond acceptors (Lipinski definition) is 3. The van der Waals surface area contributed by atoms with Crippen LogP contribution in [0.4, 0.5) is 5.69 Å². The summed E-state index contributed by atoms with van der Waals surface area (Å²) in [6, 6.07) is 12.5. The van der Waals surface area contributed by atoms with Crippen LogP contribution in [0.5, 0.6) is 5.75 Å². The molecule has 0 bridgehead atoms. The number of fused-ring (bicyclic) bond motifs is 3. The minimum absolute atomic E-state index is 0.215. The van der Waals surface area contributed by atoms with E-state index in [9.17, 15) is 0 Å². The molecule has 0 spiro atoms. The summed E-state index contributed by atoms with van der Waals surface area (Å²) in [5, 5.41) is 5.20. The zero-order valence-electron chi connectivity index (χ0n) is 14.1. The lowest BCUT2D eigenvalue weighted by atomic mass is 9.77. The first kappa shape index (κ1) is 16.9. The van der Waals surface area contributed by atoms with Crippen molar-refractivity contribution in [2.45, 2.75) is 24.5 Å². The highest BCUT2D eigenvalue weighted by molar-refractivity contribution is 8.00. The molecule has 5 rings (SSSR count). The van der Waals surface area contributed by atoms with E-state index >= 15 is 0 Å². The fraction of sp³-hybridized carbons (Fsp3) is 0.333. The summed E-state index contributed by atoms with van der Waals surface area (Å²) < 4.78 is 5.98. The Morgan fingerprint density at radius 2 is 1.77 bits per heavy atom. The summed E-state index contributed by atoms with van der Waals surface area (Å²) in [5.74, 6) is 3.91. The summed E-state index contributed by atoms with van der Waals surface area (Å²) in [6.45, 7) is 0. The number of benzene rings is 2. The van der Waals surface area contributed by atoms with Gasteiger partial charge >= 0.3 is 0 Å². The average molecular weight is 404 g/mol. The fourth-order valence-corrected chi connectivity index (χ4v) is 5.25. The molecule has 26 heavy (non-hydrogen) atoms. The molecule has 1 N–H and O–H groups in total. The smallest absolute Gasteiger partial charge is 0.119 e. The Bertz CT molecular complexity index is 863. The van der Waals surface area contributed by atoms with Crippen LogP contribution in [0.15, 0.2) is 48.6 Å². The zero-order valence-corrected chi connectivity index (χ0v) is 16.5. The Balaban J connectivity index is 1.46. The van der Waals surface area contributed by atoms with E-state index in [4.69, 9.17) is 27.9 Å². The summed E-state index contributed by atoms with van der Waals surface area (Å²) in [4.78, 5) is 0. The van der Waals surface area contributed by atoms with Crippen molar-refractivity contribution < 1.29 is 4.74 Å². The molecule has 0 amide bonds. The van der Waals surface area contributed by atoms with Crippen LogP contribution < -0.4 is 10.1 Å². The van der Waals surface area contributed by atoms with E-state index in [0.29, 0.717) is 17.9 Å². The predicted octanol–water partition coefficient (Wildman–Crippen LogP) is 6.31. The van der Waals surface area contributed by atoms with Gasteiger partial charge < -0.3 is 10.1 Å². The summed E-state index contributed by atoms with van der Waals surface area (Å²) in [5.41, 5.74) is 3.38. The molecule has 2 aliphatic heterocycles. The van der Waals surface area contributed by atoms with Gasteiger partial charge in [0, 0.05) is 28.0 Å². The molecule has 0 radical (unpaired) electrons. The fourth-order valence-electron chi connectivity index (χ4n) is 4.19. The van der Waals surface area contributed by atoms with Crippen molar-refractivity contribution in [1.82, 2.24) is 0 Å². The van der Waals surface area contributed by atoms with Crippen LogP contribution in [0.25, 0.3) is 0 Å². The Hall–Kier alpha value is -1.29. The number of allylic oxidation sites excluding steroid dienone is 2. The number of hydrogen-bond donors (Lipinski definition) is 1. The number of anilines is 1. The Morgan fingerprint density at radius 3 is 2.50 bits per heavy atom. The lowest BCUT2D eigenvalue weighted by molar-refractivity contribution is 0.240. The molecule has 3 aliphatic rings. The van der Waals surface area contributed by atoms with E-state index in [2.05, 4.69) is 41.7 Å². The van der Waals surface area contributed by atoms with Gasteiger partial charge in [0.05, 0.1) is 16.8 Å². The van der Waals surface area contributed by atoms with Crippen LogP contribution in [0.2, 0.25) is 10.0 Å². The summed E-state index contributed by atoms with van der Waals surface area (Å²) >= 11 is 14.9. The second-order valence-corrected chi connectivity index (χ2v) is 9.03. The molecule has 0 aromatic heterocycles. The Labute approximate surface area is 167 Å². The van der Waals surface area contributed by atoms with Gasteiger partial charge in [-0.2, -0.15) is 11.8 Å². The van der Waals surface area contributed by atoms with Gasteiger partial charge in [-0.05, 0) is 42.2 Å². The van der Waals surface area contributed by atoms with E-state index < -0.39 is 0 Å². The normalized spacial score (nSPS) is 26.6. The third-order valence-corrected chi connectivity index (χ3v) is 7.42. The van der Waals surface area contributed by atoms with Crippen LogP contribution in [-0.4, -0.2) is 17.6 Å². The first-order valence-electron chi connectivity index (χ1n) is 8.96. The van der Waals surface area contributed by atoms with Gasteiger partial charge in [0.25, 0.3) is 0 Å². The van der Waals surface area contributed by atoms with Gasteiger partial charge in [-0.25, -0.2) is 0 Å². The van der Waals surface area contributed by atoms with Gasteiger partial charge in [-0.1, -0.05) is 47.5 Å². The Kier molecular flexibility index (Phi) is 4.35. The lowest BCUT2D eigenvalue weighted by Crippen LogP contribution is -2.31. The second-order valence-electron chi connectivity index (χ2n) is 7.14. The summed E-state index contributed by atoms with van der Waals surface area (Å²) in [6.07, 6.45) is 5.96. The molecular weight excluding hydrogens is 385 g/mol. The van der Waals surface area contributed by atoms with Gasteiger partial charge in [0.1, 0.15) is 11.9 Å². The predicted molar refractivity (Wildman–Crippen MR) is 111 cm³/mol. The maximum absolute atomic E-state index is 6.51. The van der Waals surface area contributed by atoms with Crippen LogP contribution in [-0.2, 0) is 0 Å². The van der Waals surface area contributed by atoms with Gasteiger partial charge in [-0.3, -0.25) is 0 Å². The second kappa shape index (κ2) is 6.70. The maximum atomic E-state index is 6.51. The molecule has 3 atom stereocenters. The standard InChI is InChI=1S/C21H19Cl2NOS/c22-17-8-9-18(23)21-19(17)15-2-1-3-16(15)20(24-21)12-4-6-13(7-5-12)25-14-10-26-11-14/h1-2,4-9,14-16,20,24H,3,10-11H2/t15-,16+,20+/m0/s1. The van der Waals surface area contributed by atoms with Crippen LogP contribution >= 0.6 is 35.0 Å². The lowest BCUT2D eigenvalue weighted by Gasteiger charge is -2.38. The molecule has 2 aromatic carbocycles. The number of thioether (sulfide) groups is 1. The number of halogens is 2. The average Bonchev–Trinajstić information content (AvgIpc) is 3.10. The molecule has 1 saturated heterocycles. The van der Waals surface area contributed by atoms with Crippen molar-refractivity contribution in [3.05, 3.63) is 69.7 Å². The van der Waals surface area contributed by atoms with Crippen LogP contribution in [0.1, 0.15) is 29.5 Å². The van der Waals surface area contributed by atoms with Crippen molar-refractivity contribution in [2.24, 2.45) is 5.92 Å². The van der Waals surface area contributed by atoms with Crippen molar-refractivity contribution in [3.8, 4) is 5.75 Å². The van der Waals surface area contributed by atoms with E-state index in [0.717, 1.165) is 45.0 Å². The monoisotopic (exact) mass is 403 g/mol. The highest BCUT2D eigenvalue weighted by Gasteiger charge is 2.39. The molecule has 2 aromatic rings. The van der Waals surface area contributed by atoms with Crippen molar-refractivity contribution in [3.63, 3.8) is 0 Å². The van der Waals surface area contributed by atoms with Crippen LogP contribution in [0.3, 0.4) is 0 Å². The van der Waals surface area contributed by atoms with E-state index in [1.54, 1.807) is 0 Å². The molecule has 5 heteroatoms. The number of nitrogens with one attached hydrogen (secondary N) is 1. The number of rotatable bonds is 3. The van der Waals surface area contributed by atoms with Gasteiger partial charge in [-0.15, -0.1) is 0 Å². The minimum atomic E-state index is 0.215. The SMILES string of the molecule is Clc1ccc(Cl)c2c1N[C@H](c1ccc(OC3CSC3)cc1)[C@@H]1CC=C[C@H]21. The third kappa shape index (κ3) is 2.81. The summed E-state index contributed by atoms with van der Waals surface area (Å²) in [7, 11) is 0. The molecular formula is C21H19Cl2NOS. The van der Waals surface area contributed by atoms with Crippen molar-refractivity contribution in [2.75, 3.05) is 16.8 Å². The zero-order chi connectivity index (χ0) is 17.7. The van der Waals surface area contributed by atoms with Crippen molar-refractivity contribution >= 4 is 40.7 Å². The Morgan fingerprint density at radius 1 is 1.00 bits per heavy atom. The highest BCUT2D eigenvalue weighted by atomic mass is 35.5. The quantitative estimate of drug-likeness (QED) is 0.606. The molecule has 0 unspecified atom stereocenters. The largest absolute Gasteiger partial charge is 0.489 e. The van der Waals surface area contributed by atoms with Crippen molar-refractivity contribution in [1.29, 1.82) is 0 Å². The molecule has 2 heterocycles. The number of ether oxygens (including phenoxy) is 1. The first-order valence-corrected chi connectivity index (χ1v) is 10.9. The molecule has 134 valence electrons. The minimum Gasteiger partial charge on any atom is -0.489 e. The third-order valence-electron chi connectivity index (χ3n) is 5.57. The molecule has 0 saturated carbocycles. The van der Waals surface area contributed by atoms with Gasteiger partial charge in [0.2, 0.25) is 0 Å². The molecule has 2 nitrogen and oxygen atoms in total. The first-order chi connectivity index (χ1) is 12.7. The van der Waals surface area contributed by atoms with E-state index in [1.165, 1.54) is 5.56 Å². The molecule has 1 fully saturated rings. The molecule has 1 aliphatic carbocycles.